The number of fused-ring (bicyclic) bond motifs is 1. The van der Waals surface area contributed by atoms with E-state index in [1.165, 1.54) is 0 Å². The molecule has 3 aromatic rings. The highest BCUT2D eigenvalue weighted by atomic mass is 16.5. The maximum Gasteiger partial charge on any atom is 0.170 e. The topological polar surface area (TPSA) is 57.5 Å². The Hall–Kier alpha value is -2.73. The first kappa shape index (κ1) is 22.9. The number of hydrogen-bond acceptors (Lipinski definition) is 5. The molecule has 6 nitrogen and oxygen atoms in total. The van der Waals surface area contributed by atoms with Crippen molar-refractivity contribution in [3.05, 3.63) is 42.7 Å². The lowest BCUT2D eigenvalue weighted by atomic mass is 9.82. The van der Waals surface area contributed by atoms with Crippen LogP contribution in [0.5, 0.6) is 17.2 Å². The molecule has 6 heteroatoms. The van der Waals surface area contributed by atoms with Gasteiger partial charge in [0, 0.05) is 49.6 Å². The second-order valence-corrected chi connectivity index (χ2v) is 9.85. The zero-order valence-corrected chi connectivity index (χ0v) is 19.8. The molecule has 0 aliphatic rings. The summed E-state index contributed by atoms with van der Waals surface area (Å²) < 4.78 is 19.4. The minimum absolute atomic E-state index is 0.0960. The average molecular weight is 426 g/mol. The van der Waals surface area contributed by atoms with Gasteiger partial charge in [0.25, 0.3) is 0 Å². The summed E-state index contributed by atoms with van der Waals surface area (Å²) in [4.78, 5) is 4.49. The quantitative estimate of drug-likeness (QED) is 0.425. The number of methoxy groups -OCH3 is 1. The Kier molecular flexibility index (Phi) is 6.80. The van der Waals surface area contributed by atoms with Crippen LogP contribution < -0.4 is 14.8 Å². The molecule has 168 valence electrons. The van der Waals surface area contributed by atoms with Gasteiger partial charge in [0.05, 0.1) is 12.1 Å². The van der Waals surface area contributed by atoms with E-state index < -0.39 is 0 Å². The van der Waals surface area contributed by atoms with Gasteiger partial charge in [-0.05, 0) is 43.9 Å². The van der Waals surface area contributed by atoms with Crippen LogP contribution in [0.25, 0.3) is 10.9 Å². The Morgan fingerprint density at radius 1 is 1.00 bits per heavy atom. The molecule has 0 radical (unpaired) electrons. The van der Waals surface area contributed by atoms with Crippen LogP contribution in [0.4, 0.5) is 5.82 Å². The molecular formula is C25H35N3O3. The highest BCUT2D eigenvalue weighted by Gasteiger charge is 2.25. The maximum absolute atomic E-state index is 6.26. The van der Waals surface area contributed by atoms with Gasteiger partial charge in [0.1, 0.15) is 18.2 Å². The molecule has 31 heavy (non-hydrogen) atoms. The summed E-state index contributed by atoms with van der Waals surface area (Å²) in [7, 11) is 3.68. The van der Waals surface area contributed by atoms with Gasteiger partial charge in [0.15, 0.2) is 11.5 Å². The molecule has 0 saturated heterocycles. The molecule has 1 N–H and O–H groups in total. The van der Waals surface area contributed by atoms with Crippen molar-refractivity contribution in [1.82, 2.24) is 9.55 Å². The monoisotopic (exact) mass is 425 g/mol. The van der Waals surface area contributed by atoms with Crippen LogP contribution >= 0.6 is 0 Å². The third-order valence-corrected chi connectivity index (χ3v) is 4.89. The lowest BCUT2D eigenvalue weighted by Gasteiger charge is -2.33. The Morgan fingerprint density at radius 2 is 1.77 bits per heavy atom. The smallest absolute Gasteiger partial charge is 0.170 e. The lowest BCUT2D eigenvalue weighted by molar-refractivity contribution is 0.145. The van der Waals surface area contributed by atoms with Crippen LogP contribution in [0.1, 0.15) is 41.0 Å². The second kappa shape index (κ2) is 9.18. The van der Waals surface area contributed by atoms with E-state index >= 15 is 0 Å². The molecule has 1 aromatic carbocycles. The summed E-state index contributed by atoms with van der Waals surface area (Å²) in [6.45, 7) is 12.1. The van der Waals surface area contributed by atoms with Gasteiger partial charge in [0.2, 0.25) is 0 Å². The number of rotatable bonds is 9. The number of aromatic nitrogens is 2. The molecule has 0 saturated carbocycles. The third kappa shape index (κ3) is 6.37. The van der Waals surface area contributed by atoms with Gasteiger partial charge >= 0.3 is 0 Å². The van der Waals surface area contributed by atoms with E-state index in [0.717, 1.165) is 23.1 Å². The van der Waals surface area contributed by atoms with Crippen molar-refractivity contribution < 1.29 is 14.2 Å². The Morgan fingerprint density at radius 3 is 2.48 bits per heavy atom. The number of hydrogen-bond donors (Lipinski definition) is 1. The van der Waals surface area contributed by atoms with Crippen LogP contribution in [0.3, 0.4) is 0 Å². The fourth-order valence-electron chi connectivity index (χ4n) is 4.09. The van der Waals surface area contributed by atoms with Crippen molar-refractivity contribution in [2.75, 3.05) is 25.6 Å². The molecule has 2 heterocycles. The normalized spacial score (nSPS) is 12.2. The van der Waals surface area contributed by atoms with Gasteiger partial charge in [-0.1, -0.05) is 20.8 Å². The Balaban J connectivity index is 1.84. The van der Waals surface area contributed by atoms with Crippen molar-refractivity contribution in [2.24, 2.45) is 12.5 Å². The van der Waals surface area contributed by atoms with Crippen LogP contribution in [-0.4, -0.2) is 35.4 Å². The molecular weight excluding hydrogens is 390 g/mol. The van der Waals surface area contributed by atoms with Gasteiger partial charge in [-0.25, -0.2) is 4.98 Å². The van der Waals surface area contributed by atoms with Gasteiger partial charge in [-0.3, -0.25) is 0 Å². The van der Waals surface area contributed by atoms with Crippen molar-refractivity contribution in [2.45, 2.75) is 46.6 Å². The fraction of sp³-hybridized carbons (Fsp3) is 0.480. The van der Waals surface area contributed by atoms with E-state index in [1.54, 1.807) is 13.3 Å². The van der Waals surface area contributed by atoms with E-state index in [0.29, 0.717) is 30.5 Å². The summed E-state index contributed by atoms with van der Waals surface area (Å²) in [6, 6.07) is 9.87. The molecule has 2 aromatic heterocycles. The molecule has 0 spiro atoms. The number of benzene rings is 1. The number of nitrogens with zero attached hydrogens (tertiary/aromatic N) is 2. The molecule has 0 atom stereocenters. The number of aryl methyl sites for hydroxylation is 1. The number of pyridine rings is 1. The van der Waals surface area contributed by atoms with E-state index in [2.05, 4.69) is 55.6 Å². The predicted molar refractivity (Wildman–Crippen MR) is 126 cm³/mol. The zero-order chi connectivity index (χ0) is 22.6. The predicted octanol–water partition coefficient (Wildman–Crippen LogP) is 6.02. The minimum atomic E-state index is -0.0960. The average Bonchev–Trinajstić information content (AvgIpc) is 3.00. The summed E-state index contributed by atoms with van der Waals surface area (Å²) in [5, 5.41) is 4.64. The molecule has 0 aliphatic carbocycles. The largest absolute Gasteiger partial charge is 0.487 e. The zero-order valence-electron chi connectivity index (χ0n) is 19.8. The van der Waals surface area contributed by atoms with Crippen molar-refractivity contribution in [3.63, 3.8) is 0 Å². The van der Waals surface area contributed by atoms with E-state index in [4.69, 9.17) is 14.2 Å². The molecule has 0 unspecified atom stereocenters. The molecule has 0 amide bonds. The van der Waals surface area contributed by atoms with Gasteiger partial charge < -0.3 is 24.1 Å². The SMILES string of the molecule is COCCOc1cc2c(ccn2C)cc1Oc1ccnc(NC(C)(C)CC(C)(C)C)c1. The summed E-state index contributed by atoms with van der Waals surface area (Å²) in [5.41, 5.74) is 1.20. The van der Waals surface area contributed by atoms with Crippen molar-refractivity contribution >= 4 is 16.7 Å². The summed E-state index contributed by atoms with van der Waals surface area (Å²) in [6.07, 6.45) is 4.80. The van der Waals surface area contributed by atoms with E-state index in [9.17, 15) is 0 Å². The van der Waals surface area contributed by atoms with E-state index in [1.807, 2.05) is 37.5 Å². The Bertz CT molecular complexity index is 1020. The van der Waals surface area contributed by atoms with Crippen molar-refractivity contribution in [3.8, 4) is 17.2 Å². The molecule has 0 fully saturated rings. The molecule has 0 bridgehead atoms. The summed E-state index contributed by atoms with van der Waals surface area (Å²) >= 11 is 0. The number of anilines is 1. The maximum atomic E-state index is 6.26. The lowest BCUT2D eigenvalue weighted by Crippen LogP contribution is -2.35. The number of nitrogens with one attached hydrogen (secondary N) is 1. The molecule has 3 rings (SSSR count). The Labute approximate surface area is 185 Å². The first-order chi connectivity index (χ1) is 14.6. The van der Waals surface area contributed by atoms with Gasteiger partial charge in [-0.15, -0.1) is 0 Å². The third-order valence-electron chi connectivity index (χ3n) is 4.89. The summed E-state index contributed by atoms with van der Waals surface area (Å²) in [5.74, 6) is 2.84. The van der Waals surface area contributed by atoms with E-state index in [-0.39, 0.29) is 11.0 Å². The standard InChI is InChI=1S/C25H35N3O3/c1-24(2,3)17-25(4,5)27-23-15-19(8-10-26-23)31-22-14-18-9-11-28(6)20(18)16-21(22)30-13-12-29-7/h8-11,14-16H,12-13,17H2,1-7H3,(H,26,27). The molecule has 0 aliphatic heterocycles. The van der Waals surface area contributed by atoms with Crippen LogP contribution in [0.2, 0.25) is 0 Å². The van der Waals surface area contributed by atoms with Crippen LogP contribution in [0, 0.1) is 5.41 Å². The highest BCUT2D eigenvalue weighted by molar-refractivity contribution is 5.84. The van der Waals surface area contributed by atoms with Crippen LogP contribution in [-0.2, 0) is 11.8 Å². The second-order valence-electron chi connectivity index (χ2n) is 9.85. The van der Waals surface area contributed by atoms with Crippen molar-refractivity contribution in [1.29, 1.82) is 0 Å². The van der Waals surface area contributed by atoms with Crippen LogP contribution in [0.15, 0.2) is 42.7 Å². The fourth-order valence-corrected chi connectivity index (χ4v) is 4.09. The van der Waals surface area contributed by atoms with Gasteiger partial charge in [-0.2, -0.15) is 0 Å². The highest BCUT2D eigenvalue weighted by Crippen LogP contribution is 2.37. The first-order valence-electron chi connectivity index (χ1n) is 10.7. The minimum Gasteiger partial charge on any atom is -0.487 e. The number of ether oxygens (including phenoxy) is 3. The first-order valence-corrected chi connectivity index (χ1v) is 10.7.